The van der Waals surface area contributed by atoms with Crippen LogP contribution in [0, 0.1) is 11.3 Å². The first kappa shape index (κ1) is 17.3. The number of rotatable bonds is 6. The molecule has 2 aromatic heterocycles. The van der Waals surface area contributed by atoms with Crippen molar-refractivity contribution in [1.82, 2.24) is 20.0 Å². The van der Waals surface area contributed by atoms with E-state index in [2.05, 4.69) is 29.2 Å². The minimum Gasteiger partial charge on any atom is -0.472 e. The van der Waals surface area contributed by atoms with E-state index >= 15 is 0 Å². The van der Waals surface area contributed by atoms with Gasteiger partial charge in [-0.05, 0) is 19.9 Å². The van der Waals surface area contributed by atoms with Crippen molar-refractivity contribution in [3.8, 4) is 0 Å². The fourth-order valence-corrected chi connectivity index (χ4v) is 4.03. The van der Waals surface area contributed by atoms with Gasteiger partial charge in [-0.25, -0.2) is 0 Å². The highest BCUT2D eigenvalue weighted by atomic mass is 16.5. The third kappa shape index (κ3) is 3.17. The molecule has 26 heavy (non-hydrogen) atoms. The minimum atomic E-state index is -0.447. The van der Waals surface area contributed by atoms with Crippen LogP contribution in [0.4, 0.5) is 0 Å². The van der Waals surface area contributed by atoms with Crippen LogP contribution in [-0.2, 0) is 22.6 Å². The molecule has 2 saturated heterocycles. The monoisotopic (exact) mass is 358 g/mol. The normalized spacial score (nSPS) is 25.7. The maximum atomic E-state index is 13.0. The van der Waals surface area contributed by atoms with Gasteiger partial charge < -0.3 is 14.5 Å². The average Bonchev–Trinajstić information content (AvgIpc) is 3.36. The van der Waals surface area contributed by atoms with Gasteiger partial charge in [0.1, 0.15) is 0 Å². The minimum absolute atomic E-state index is 0.0898. The van der Waals surface area contributed by atoms with Crippen LogP contribution in [0.1, 0.15) is 31.0 Å². The number of nitrogens with one attached hydrogen (secondary N) is 1. The maximum absolute atomic E-state index is 13.0. The van der Waals surface area contributed by atoms with Gasteiger partial charge in [0.2, 0.25) is 5.91 Å². The van der Waals surface area contributed by atoms with Gasteiger partial charge in [0, 0.05) is 55.5 Å². The molecule has 0 aromatic carbocycles. The van der Waals surface area contributed by atoms with Gasteiger partial charge in [-0.1, -0.05) is 0 Å². The van der Waals surface area contributed by atoms with E-state index in [4.69, 9.17) is 9.15 Å². The molecular formula is C19H26N4O3. The first-order valence-corrected chi connectivity index (χ1v) is 9.19. The molecule has 0 saturated carbocycles. The maximum Gasteiger partial charge on any atom is 0.230 e. The number of hydrogen-bond acceptors (Lipinski definition) is 5. The highest BCUT2D eigenvalue weighted by Gasteiger charge is 2.55. The Hall–Kier alpha value is -2.12. The molecule has 2 atom stereocenters. The summed E-state index contributed by atoms with van der Waals surface area (Å²) < 4.78 is 12.8. The molecule has 2 aromatic rings. The number of carbonyl (C=O) groups is 1. The first-order valence-electron chi connectivity index (χ1n) is 9.19. The van der Waals surface area contributed by atoms with Crippen LogP contribution in [-0.4, -0.2) is 46.9 Å². The number of nitrogens with zero attached hydrogens (tertiary/aromatic N) is 3. The lowest BCUT2D eigenvalue weighted by atomic mass is 9.80. The van der Waals surface area contributed by atoms with Gasteiger partial charge in [0.25, 0.3) is 0 Å². The fraction of sp³-hybridized carbons (Fsp3) is 0.579. The molecule has 2 aliphatic rings. The highest BCUT2D eigenvalue weighted by molar-refractivity contribution is 5.84. The zero-order valence-corrected chi connectivity index (χ0v) is 15.4. The highest BCUT2D eigenvalue weighted by Crippen LogP contribution is 2.42. The quantitative estimate of drug-likeness (QED) is 0.853. The number of likely N-dealkylation sites (tertiary alicyclic amines) is 1. The number of amides is 1. The summed E-state index contributed by atoms with van der Waals surface area (Å²) in [6, 6.07) is 2.29. The Morgan fingerprint density at radius 3 is 3.08 bits per heavy atom. The molecule has 7 nitrogen and oxygen atoms in total. The van der Waals surface area contributed by atoms with Crippen molar-refractivity contribution in [1.29, 1.82) is 0 Å². The van der Waals surface area contributed by atoms with Crippen LogP contribution in [0.15, 0.2) is 35.4 Å². The predicted octanol–water partition coefficient (Wildman–Crippen LogP) is 1.82. The third-order valence-electron chi connectivity index (χ3n) is 5.52. The molecule has 4 rings (SSSR count). The predicted molar refractivity (Wildman–Crippen MR) is 95.2 cm³/mol. The second-order valence-electron chi connectivity index (χ2n) is 7.77. The molecule has 1 amide bonds. The molecule has 0 aliphatic carbocycles. The largest absolute Gasteiger partial charge is 0.472 e. The van der Waals surface area contributed by atoms with Crippen molar-refractivity contribution >= 4 is 5.91 Å². The molecule has 1 N–H and O–H groups in total. The Bertz CT molecular complexity index is 755. The van der Waals surface area contributed by atoms with Gasteiger partial charge in [-0.2, -0.15) is 5.10 Å². The third-order valence-corrected chi connectivity index (χ3v) is 5.52. The van der Waals surface area contributed by atoms with Crippen molar-refractivity contribution in [2.24, 2.45) is 11.3 Å². The summed E-state index contributed by atoms with van der Waals surface area (Å²) in [7, 11) is 0. The van der Waals surface area contributed by atoms with Crippen molar-refractivity contribution in [2.75, 3.05) is 26.3 Å². The van der Waals surface area contributed by atoms with Crippen LogP contribution in [0.2, 0.25) is 0 Å². The van der Waals surface area contributed by atoms with E-state index in [1.807, 2.05) is 23.1 Å². The number of aromatic nitrogens is 2. The van der Waals surface area contributed by atoms with Gasteiger partial charge in [0.15, 0.2) is 0 Å². The second-order valence-corrected chi connectivity index (χ2v) is 7.77. The van der Waals surface area contributed by atoms with E-state index in [0.29, 0.717) is 25.8 Å². The van der Waals surface area contributed by atoms with Crippen LogP contribution in [0.25, 0.3) is 0 Å². The molecule has 2 aliphatic heterocycles. The number of furan rings is 1. The fourth-order valence-electron chi connectivity index (χ4n) is 4.03. The Balaban J connectivity index is 1.40. The topological polar surface area (TPSA) is 72.5 Å². The zero-order chi connectivity index (χ0) is 18.1. The first-order chi connectivity index (χ1) is 12.6. The molecule has 4 heterocycles. The summed E-state index contributed by atoms with van der Waals surface area (Å²) in [5, 5.41) is 7.45. The Labute approximate surface area is 153 Å². The van der Waals surface area contributed by atoms with Gasteiger partial charge in [0.05, 0.1) is 37.4 Å². The SMILES string of the molecule is CC(C)n1cc(CNC(=O)[C@]23COC[C@H]2CN(Cc2ccoc2)C3)cn1. The molecule has 0 unspecified atom stereocenters. The van der Waals surface area contributed by atoms with Crippen LogP contribution in [0.5, 0.6) is 0 Å². The zero-order valence-electron chi connectivity index (χ0n) is 15.4. The molecule has 2 fully saturated rings. The molecular weight excluding hydrogens is 332 g/mol. The summed E-state index contributed by atoms with van der Waals surface area (Å²) in [6.07, 6.45) is 7.27. The van der Waals surface area contributed by atoms with E-state index in [-0.39, 0.29) is 11.8 Å². The summed E-state index contributed by atoms with van der Waals surface area (Å²) in [6.45, 7) is 8.23. The molecule has 0 bridgehead atoms. The molecule has 0 radical (unpaired) electrons. The molecule has 7 heteroatoms. The van der Waals surface area contributed by atoms with E-state index in [1.54, 1.807) is 12.5 Å². The summed E-state index contributed by atoms with van der Waals surface area (Å²) >= 11 is 0. The van der Waals surface area contributed by atoms with Crippen molar-refractivity contribution < 1.29 is 13.9 Å². The Kier molecular flexibility index (Phi) is 4.58. The number of ether oxygens (including phenoxy) is 1. The van der Waals surface area contributed by atoms with Gasteiger partial charge in [-0.15, -0.1) is 0 Å². The lowest BCUT2D eigenvalue weighted by molar-refractivity contribution is -0.131. The second kappa shape index (κ2) is 6.89. The number of hydrogen-bond donors (Lipinski definition) is 1. The van der Waals surface area contributed by atoms with Crippen LogP contribution in [0.3, 0.4) is 0 Å². The van der Waals surface area contributed by atoms with E-state index in [0.717, 1.165) is 30.8 Å². The molecule has 0 spiro atoms. The lowest BCUT2D eigenvalue weighted by Crippen LogP contribution is -2.46. The Morgan fingerprint density at radius 2 is 2.35 bits per heavy atom. The van der Waals surface area contributed by atoms with Gasteiger partial charge >= 0.3 is 0 Å². The Morgan fingerprint density at radius 1 is 1.46 bits per heavy atom. The standard InChI is InChI=1S/C19H26N4O3/c1-14(2)23-8-16(6-21-23)5-20-18(24)19-12-22(7-15-3-4-25-10-15)9-17(19)11-26-13-19/h3-4,6,8,10,14,17H,5,7,9,11-13H2,1-2H3,(H,20,24)/t17-,19-/m1/s1. The van der Waals surface area contributed by atoms with E-state index in [9.17, 15) is 4.79 Å². The smallest absolute Gasteiger partial charge is 0.230 e. The van der Waals surface area contributed by atoms with Crippen molar-refractivity contribution in [3.63, 3.8) is 0 Å². The summed E-state index contributed by atoms with van der Waals surface area (Å²) in [4.78, 5) is 15.4. The summed E-state index contributed by atoms with van der Waals surface area (Å²) in [5.41, 5.74) is 1.72. The lowest BCUT2D eigenvalue weighted by Gasteiger charge is -2.26. The van der Waals surface area contributed by atoms with Crippen LogP contribution < -0.4 is 5.32 Å². The van der Waals surface area contributed by atoms with Crippen molar-refractivity contribution in [2.45, 2.75) is 33.0 Å². The van der Waals surface area contributed by atoms with Gasteiger partial charge in [-0.3, -0.25) is 14.4 Å². The number of carbonyl (C=O) groups excluding carboxylic acids is 1. The average molecular weight is 358 g/mol. The number of fused-ring (bicyclic) bond motifs is 1. The van der Waals surface area contributed by atoms with E-state index in [1.165, 1.54) is 0 Å². The molecule has 140 valence electrons. The van der Waals surface area contributed by atoms with E-state index < -0.39 is 5.41 Å². The summed E-state index contributed by atoms with van der Waals surface area (Å²) in [5.74, 6) is 0.333. The van der Waals surface area contributed by atoms with Crippen molar-refractivity contribution in [3.05, 3.63) is 42.1 Å². The van der Waals surface area contributed by atoms with Crippen LogP contribution >= 0.6 is 0 Å².